The molecule has 0 atom stereocenters. The Kier molecular flexibility index (Phi) is 5.40. The SMILES string of the molecule is COCCCNC(=O)COc1ccc(N)c2ccccc12. The Bertz CT molecular complexity index is 613. The molecule has 0 bridgehead atoms. The minimum absolute atomic E-state index is 0.0130. The van der Waals surface area contributed by atoms with Crippen molar-refractivity contribution in [2.75, 3.05) is 32.6 Å². The first-order valence-corrected chi connectivity index (χ1v) is 6.88. The van der Waals surface area contributed by atoms with Crippen LogP contribution in [0.25, 0.3) is 10.8 Å². The predicted molar refractivity (Wildman–Crippen MR) is 83.4 cm³/mol. The van der Waals surface area contributed by atoms with Crippen LogP contribution in [0.5, 0.6) is 5.75 Å². The lowest BCUT2D eigenvalue weighted by Gasteiger charge is -2.11. The van der Waals surface area contributed by atoms with Gasteiger partial charge >= 0.3 is 0 Å². The zero-order valence-electron chi connectivity index (χ0n) is 12.1. The molecule has 5 heteroatoms. The van der Waals surface area contributed by atoms with Gasteiger partial charge < -0.3 is 20.5 Å². The number of carbonyl (C=O) groups excluding carboxylic acids is 1. The fourth-order valence-electron chi connectivity index (χ4n) is 2.06. The van der Waals surface area contributed by atoms with E-state index in [1.54, 1.807) is 19.2 Å². The molecule has 5 nitrogen and oxygen atoms in total. The Labute approximate surface area is 124 Å². The number of nitrogens with two attached hydrogens (primary N) is 1. The number of hydrogen-bond acceptors (Lipinski definition) is 4. The lowest BCUT2D eigenvalue weighted by atomic mass is 10.1. The Morgan fingerprint density at radius 2 is 1.95 bits per heavy atom. The third-order valence-corrected chi connectivity index (χ3v) is 3.12. The van der Waals surface area contributed by atoms with Crippen molar-refractivity contribution >= 4 is 22.4 Å². The number of benzene rings is 2. The molecule has 2 aromatic rings. The van der Waals surface area contributed by atoms with Crippen molar-refractivity contribution in [3.63, 3.8) is 0 Å². The van der Waals surface area contributed by atoms with Crippen LogP contribution in [0.15, 0.2) is 36.4 Å². The molecule has 0 aliphatic carbocycles. The third kappa shape index (κ3) is 4.10. The van der Waals surface area contributed by atoms with E-state index < -0.39 is 0 Å². The van der Waals surface area contributed by atoms with E-state index in [1.807, 2.05) is 24.3 Å². The number of carbonyl (C=O) groups is 1. The van der Waals surface area contributed by atoms with E-state index in [2.05, 4.69) is 5.32 Å². The molecule has 2 aromatic carbocycles. The summed E-state index contributed by atoms with van der Waals surface area (Å²) in [7, 11) is 1.64. The first-order chi connectivity index (χ1) is 10.2. The number of methoxy groups -OCH3 is 1. The summed E-state index contributed by atoms with van der Waals surface area (Å²) in [4.78, 5) is 11.7. The molecule has 2 rings (SSSR count). The van der Waals surface area contributed by atoms with Crippen LogP contribution in [0, 0.1) is 0 Å². The van der Waals surface area contributed by atoms with Gasteiger partial charge in [0.2, 0.25) is 0 Å². The van der Waals surface area contributed by atoms with Gasteiger partial charge in [0.25, 0.3) is 5.91 Å². The summed E-state index contributed by atoms with van der Waals surface area (Å²) >= 11 is 0. The summed E-state index contributed by atoms with van der Waals surface area (Å²) in [5.74, 6) is 0.513. The van der Waals surface area contributed by atoms with Crippen LogP contribution in [-0.4, -0.2) is 32.8 Å². The summed E-state index contributed by atoms with van der Waals surface area (Å²) in [6, 6.07) is 11.3. The van der Waals surface area contributed by atoms with E-state index >= 15 is 0 Å². The van der Waals surface area contributed by atoms with Gasteiger partial charge in [-0.15, -0.1) is 0 Å². The molecule has 0 radical (unpaired) electrons. The Morgan fingerprint density at radius 3 is 2.71 bits per heavy atom. The highest BCUT2D eigenvalue weighted by atomic mass is 16.5. The fraction of sp³-hybridized carbons (Fsp3) is 0.312. The smallest absolute Gasteiger partial charge is 0.257 e. The highest BCUT2D eigenvalue weighted by Gasteiger charge is 2.07. The second-order valence-electron chi connectivity index (χ2n) is 4.68. The average Bonchev–Trinajstić information content (AvgIpc) is 2.51. The summed E-state index contributed by atoms with van der Waals surface area (Å²) < 4.78 is 10.5. The average molecular weight is 288 g/mol. The second-order valence-corrected chi connectivity index (χ2v) is 4.68. The van der Waals surface area contributed by atoms with E-state index in [1.165, 1.54) is 0 Å². The van der Waals surface area contributed by atoms with Gasteiger partial charge in [-0.25, -0.2) is 0 Å². The number of anilines is 1. The van der Waals surface area contributed by atoms with Crippen LogP contribution in [0.2, 0.25) is 0 Å². The number of hydrogen-bond donors (Lipinski definition) is 2. The van der Waals surface area contributed by atoms with Crippen molar-refractivity contribution < 1.29 is 14.3 Å². The summed E-state index contributed by atoms with van der Waals surface area (Å²) in [5, 5.41) is 4.61. The van der Waals surface area contributed by atoms with Crippen LogP contribution in [0.1, 0.15) is 6.42 Å². The lowest BCUT2D eigenvalue weighted by molar-refractivity contribution is -0.123. The maximum absolute atomic E-state index is 11.7. The van der Waals surface area contributed by atoms with E-state index in [4.69, 9.17) is 15.2 Å². The van der Waals surface area contributed by atoms with E-state index in [9.17, 15) is 4.79 Å². The van der Waals surface area contributed by atoms with Crippen molar-refractivity contribution in [2.45, 2.75) is 6.42 Å². The van der Waals surface area contributed by atoms with Gasteiger partial charge in [0.1, 0.15) is 5.75 Å². The Balaban J connectivity index is 1.95. The van der Waals surface area contributed by atoms with Gasteiger partial charge in [-0.3, -0.25) is 4.79 Å². The van der Waals surface area contributed by atoms with Gasteiger partial charge in [0.05, 0.1) is 0 Å². The maximum Gasteiger partial charge on any atom is 0.257 e. The van der Waals surface area contributed by atoms with Gasteiger partial charge in [-0.05, 0) is 18.6 Å². The van der Waals surface area contributed by atoms with Crippen LogP contribution in [-0.2, 0) is 9.53 Å². The number of amides is 1. The fourth-order valence-corrected chi connectivity index (χ4v) is 2.06. The van der Waals surface area contributed by atoms with Gasteiger partial charge in [0, 0.05) is 36.7 Å². The molecule has 21 heavy (non-hydrogen) atoms. The highest BCUT2D eigenvalue weighted by Crippen LogP contribution is 2.29. The molecule has 0 fully saturated rings. The zero-order chi connectivity index (χ0) is 15.1. The van der Waals surface area contributed by atoms with E-state index in [0.29, 0.717) is 24.6 Å². The standard InChI is InChI=1S/C16H20N2O3/c1-20-10-4-9-18-16(19)11-21-15-8-7-14(17)12-5-2-3-6-13(12)15/h2-3,5-8H,4,9-11,17H2,1H3,(H,18,19). The van der Waals surface area contributed by atoms with Gasteiger partial charge in [0.15, 0.2) is 6.61 Å². The van der Waals surface area contributed by atoms with Gasteiger partial charge in [-0.1, -0.05) is 24.3 Å². The molecule has 0 unspecified atom stereocenters. The number of rotatable bonds is 7. The van der Waals surface area contributed by atoms with Crippen molar-refractivity contribution in [1.82, 2.24) is 5.32 Å². The van der Waals surface area contributed by atoms with Gasteiger partial charge in [-0.2, -0.15) is 0 Å². The summed E-state index contributed by atoms with van der Waals surface area (Å²) in [6.07, 6.45) is 0.785. The molecule has 0 saturated carbocycles. The number of fused-ring (bicyclic) bond motifs is 1. The molecule has 112 valence electrons. The first kappa shape index (κ1) is 15.1. The van der Waals surface area contributed by atoms with Crippen LogP contribution in [0.3, 0.4) is 0 Å². The normalized spacial score (nSPS) is 10.5. The monoisotopic (exact) mass is 288 g/mol. The highest BCUT2D eigenvalue weighted by molar-refractivity contribution is 5.97. The largest absolute Gasteiger partial charge is 0.483 e. The predicted octanol–water partition coefficient (Wildman–Crippen LogP) is 1.95. The molecule has 0 aliphatic heterocycles. The molecule has 0 spiro atoms. The van der Waals surface area contributed by atoms with E-state index in [-0.39, 0.29) is 12.5 Å². The number of nitrogen functional groups attached to an aromatic ring is 1. The van der Waals surface area contributed by atoms with Crippen LogP contribution >= 0.6 is 0 Å². The molecule has 0 aromatic heterocycles. The quantitative estimate of drug-likeness (QED) is 0.603. The Morgan fingerprint density at radius 1 is 1.19 bits per heavy atom. The topological polar surface area (TPSA) is 73.6 Å². The van der Waals surface area contributed by atoms with E-state index in [0.717, 1.165) is 17.2 Å². The molecule has 0 aliphatic rings. The maximum atomic E-state index is 11.7. The van der Waals surface area contributed by atoms with Crippen LogP contribution in [0.4, 0.5) is 5.69 Å². The molecular formula is C16H20N2O3. The minimum Gasteiger partial charge on any atom is -0.483 e. The summed E-state index contributed by atoms with van der Waals surface area (Å²) in [5.41, 5.74) is 6.62. The first-order valence-electron chi connectivity index (χ1n) is 6.88. The molecule has 3 N–H and O–H groups in total. The third-order valence-electron chi connectivity index (χ3n) is 3.12. The molecular weight excluding hydrogens is 268 g/mol. The molecule has 0 saturated heterocycles. The second kappa shape index (κ2) is 7.50. The zero-order valence-corrected chi connectivity index (χ0v) is 12.1. The van der Waals surface area contributed by atoms with Crippen molar-refractivity contribution in [3.05, 3.63) is 36.4 Å². The van der Waals surface area contributed by atoms with Crippen molar-refractivity contribution in [3.8, 4) is 5.75 Å². The van der Waals surface area contributed by atoms with Crippen molar-refractivity contribution in [2.24, 2.45) is 0 Å². The minimum atomic E-state index is -0.146. The lowest BCUT2D eigenvalue weighted by Crippen LogP contribution is -2.30. The summed E-state index contributed by atoms with van der Waals surface area (Å²) in [6.45, 7) is 1.20. The molecule has 0 heterocycles. The van der Waals surface area contributed by atoms with Crippen LogP contribution < -0.4 is 15.8 Å². The Hall–Kier alpha value is -2.27. The number of ether oxygens (including phenoxy) is 2. The van der Waals surface area contributed by atoms with Crippen molar-refractivity contribution in [1.29, 1.82) is 0 Å². The number of nitrogens with one attached hydrogen (secondary N) is 1. The molecule has 1 amide bonds.